The molecule has 0 aromatic heterocycles. The first-order chi connectivity index (χ1) is 10.7. The molecule has 0 spiro atoms. The third-order valence-corrected chi connectivity index (χ3v) is 4.55. The first-order valence-corrected chi connectivity index (χ1v) is 7.87. The zero-order valence-electron chi connectivity index (χ0n) is 13.0. The minimum absolute atomic E-state index is 0.0364. The van der Waals surface area contributed by atoms with Gasteiger partial charge in [-0.15, -0.1) is 0 Å². The lowest BCUT2D eigenvalue weighted by Crippen LogP contribution is -2.45. The number of hydrogen-bond acceptors (Lipinski definition) is 3. The predicted molar refractivity (Wildman–Crippen MR) is 82.3 cm³/mol. The fourth-order valence-electron chi connectivity index (χ4n) is 3.36. The summed E-state index contributed by atoms with van der Waals surface area (Å²) in [6.07, 6.45) is 1.22. The molecule has 2 heterocycles. The Bertz CT molecular complexity index is 567. The maximum absolute atomic E-state index is 12.6. The molecule has 1 saturated heterocycles. The maximum Gasteiger partial charge on any atom is 0.225 e. The number of ether oxygens (including phenoxy) is 1. The molecule has 0 saturated carbocycles. The topological polar surface area (TPSA) is 49.9 Å². The minimum Gasteiger partial charge on any atom is -0.378 e. The molecule has 1 fully saturated rings. The van der Waals surface area contributed by atoms with E-state index >= 15 is 0 Å². The lowest BCUT2D eigenvalue weighted by molar-refractivity contribution is -0.139. The van der Waals surface area contributed by atoms with Crippen LogP contribution >= 0.6 is 0 Å². The van der Waals surface area contributed by atoms with E-state index in [0.29, 0.717) is 39.3 Å². The Morgan fingerprint density at radius 3 is 2.64 bits per heavy atom. The Balaban J connectivity index is 1.81. The van der Waals surface area contributed by atoms with Gasteiger partial charge in [0.15, 0.2) is 0 Å². The van der Waals surface area contributed by atoms with Gasteiger partial charge in [0.2, 0.25) is 11.8 Å². The van der Waals surface area contributed by atoms with Crippen LogP contribution in [0.5, 0.6) is 0 Å². The summed E-state index contributed by atoms with van der Waals surface area (Å²) in [6.45, 7) is 4.76. The van der Waals surface area contributed by atoms with E-state index < -0.39 is 0 Å². The summed E-state index contributed by atoms with van der Waals surface area (Å²) in [5.74, 6) is 0.144. The van der Waals surface area contributed by atoms with E-state index in [0.717, 1.165) is 12.0 Å². The number of benzene rings is 1. The highest BCUT2D eigenvalue weighted by molar-refractivity contribution is 5.80. The number of fused-ring (bicyclic) bond motifs is 1. The van der Waals surface area contributed by atoms with E-state index in [2.05, 4.69) is 6.07 Å². The lowest BCUT2D eigenvalue weighted by atomic mass is 9.90. The normalized spacial score (nSPS) is 21.4. The van der Waals surface area contributed by atoms with Gasteiger partial charge in [-0.2, -0.15) is 0 Å². The number of amides is 2. The molecule has 1 atom stereocenters. The standard InChI is InChI=1S/C17H22N2O3/c1-13(20)19-7-6-14-4-2-3-5-15(14)16(19)12-17(21)18-8-10-22-11-9-18/h2-5,16H,6-12H2,1H3. The second-order valence-corrected chi connectivity index (χ2v) is 5.87. The van der Waals surface area contributed by atoms with Crippen molar-refractivity contribution in [3.63, 3.8) is 0 Å². The van der Waals surface area contributed by atoms with Crippen molar-refractivity contribution in [3.05, 3.63) is 35.4 Å². The number of carbonyl (C=O) groups excluding carboxylic acids is 2. The largest absolute Gasteiger partial charge is 0.378 e. The molecule has 1 aromatic rings. The van der Waals surface area contributed by atoms with Gasteiger partial charge in [0.25, 0.3) is 0 Å². The molecule has 1 aromatic carbocycles. The van der Waals surface area contributed by atoms with Crippen molar-refractivity contribution in [2.24, 2.45) is 0 Å². The number of nitrogens with zero attached hydrogens (tertiary/aromatic N) is 2. The van der Waals surface area contributed by atoms with Crippen LogP contribution < -0.4 is 0 Å². The SMILES string of the molecule is CC(=O)N1CCc2ccccc2C1CC(=O)N1CCOCC1. The molecule has 5 heteroatoms. The average molecular weight is 302 g/mol. The summed E-state index contributed by atoms with van der Waals surface area (Å²) in [7, 11) is 0. The second-order valence-electron chi connectivity index (χ2n) is 5.87. The first kappa shape index (κ1) is 15.0. The van der Waals surface area contributed by atoms with E-state index in [9.17, 15) is 9.59 Å². The molecule has 2 aliphatic heterocycles. The molecule has 0 N–H and O–H groups in total. The van der Waals surface area contributed by atoms with Crippen molar-refractivity contribution in [2.75, 3.05) is 32.8 Å². The monoisotopic (exact) mass is 302 g/mol. The van der Waals surface area contributed by atoms with Crippen LogP contribution in [-0.4, -0.2) is 54.5 Å². The molecule has 118 valence electrons. The quantitative estimate of drug-likeness (QED) is 0.829. The maximum atomic E-state index is 12.6. The summed E-state index contributed by atoms with van der Waals surface area (Å²) >= 11 is 0. The van der Waals surface area contributed by atoms with E-state index in [1.54, 1.807) is 6.92 Å². The van der Waals surface area contributed by atoms with Crippen molar-refractivity contribution in [1.29, 1.82) is 0 Å². The van der Waals surface area contributed by atoms with Crippen LogP contribution in [0.4, 0.5) is 0 Å². The van der Waals surface area contributed by atoms with Crippen molar-refractivity contribution in [2.45, 2.75) is 25.8 Å². The van der Waals surface area contributed by atoms with Gasteiger partial charge in [-0.1, -0.05) is 24.3 Å². The molecular formula is C17H22N2O3. The van der Waals surface area contributed by atoms with E-state index in [1.165, 1.54) is 5.56 Å². The summed E-state index contributed by atoms with van der Waals surface area (Å²) in [6, 6.07) is 8.00. The Labute approximate surface area is 130 Å². The Morgan fingerprint density at radius 1 is 1.18 bits per heavy atom. The molecular weight excluding hydrogens is 280 g/mol. The number of morpholine rings is 1. The molecule has 0 radical (unpaired) electrons. The van der Waals surface area contributed by atoms with E-state index in [1.807, 2.05) is 28.0 Å². The fraction of sp³-hybridized carbons (Fsp3) is 0.529. The molecule has 22 heavy (non-hydrogen) atoms. The van der Waals surface area contributed by atoms with Crippen LogP contribution in [0, 0.1) is 0 Å². The summed E-state index contributed by atoms with van der Waals surface area (Å²) < 4.78 is 5.30. The zero-order chi connectivity index (χ0) is 15.5. The van der Waals surface area contributed by atoms with Gasteiger partial charge in [0.05, 0.1) is 25.7 Å². The summed E-state index contributed by atoms with van der Waals surface area (Å²) in [4.78, 5) is 28.2. The van der Waals surface area contributed by atoms with Gasteiger partial charge in [-0.25, -0.2) is 0 Å². The third-order valence-electron chi connectivity index (χ3n) is 4.55. The highest BCUT2D eigenvalue weighted by Gasteiger charge is 2.32. The highest BCUT2D eigenvalue weighted by atomic mass is 16.5. The number of carbonyl (C=O) groups is 2. The lowest BCUT2D eigenvalue weighted by Gasteiger charge is -2.38. The molecule has 3 rings (SSSR count). The predicted octanol–water partition coefficient (Wildman–Crippen LogP) is 1.38. The molecule has 0 bridgehead atoms. The van der Waals surface area contributed by atoms with Crippen LogP contribution in [0.15, 0.2) is 24.3 Å². The van der Waals surface area contributed by atoms with Crippen LogP contribution in [0.3, 0.4) is 0 Å². The smallest absolute Gasteiger partial charge is 0.225 e. The summed E-state index contributed by atoms with van der Waals surface area (Å²) in [5, 5.41) is 0. The van der Waals surface area contributed by atoms with E-state index in [4.69, 9.17) is 4.74 Å². The Hall–Kier alpha value is -1.88. The van der Waals surface area contributed by atoms with Crippen molar-refractivity contribution < 1.29 is 14.3 Å². The van der Waals surface area contributed by atoms with Crippen molar-refractivity contribution in [3.8, 4) is 0 Å². The van der Waals surface area contributed by atoms with Crippen molar-refractivity contribution >= 4 is 11.8 Å². The van der Waals surface area contributed by atoms with Crippen molar-refractivity contribution in [1.82, 2.24) is 9.80 Å². The van der Waals surface area contributed by atoms with Gasteiger partial charge in [-0.3, -0.25) is 9.59 Å². The van der Waals surface area contributed by atoms with Crippen LogP contribution in [0.2, 0.25) is 0 Å². The first-order valence-electron chi connectivity index (χ1n) is 7.87. The molecule has 1 unspecified atom stereocenters. The second kappa shape index (κ2) is 6.48. The average Bonchev–Trinajstić information content (AvgIpc) is 2.55. The summed E-state index contributed by atoms with van der Waals surface area (Å²) in [5.41, 5.74) is 2.37. The molecule has 0 aliphatic carbocycles. The van der Waals surface area contributed by atoms with Crippen LogP contribution in [0.1, 0.15) is 30.5 Å². The number of hydrogen-bond donors (Lipinski definition) is 0. The van der Waals surface area contributed by atoms with Gasteiger partial charge in [0, 0.05) is 26.6 Å². The third kappa shape index (κ3) is 2.99. The Kier molecular flexibility index (Phi) is 4.43. The van der Waals surface area contributed by atoms with Gasteiger partial charge in [0.1, 0.15) is 0 Å². The zero-order valence-corrected chi connectivity index (χ0v) is 13.0. The highest BCUT2D eigenvalue weighted by Crippen LogP contribution is 2.32. The molecule has 2 aliphatic rings. The van der Waals surface area contributed by atoms with Gasteiger partial charge in [-0.05, 0) is 17.5 Å². The Morgan fingerprint density at radius 2 is 1.91 bits per heavy atom. The minimum atomic E-state index is -0.141. The fourth-order valence-corrected chi connectivity index (χ4v) is 3.36. The van der Waals surface area contributed by atoms with Gasteiger partial charge < -0.3 is 14.5 Å². The van der Waals surface area contributed by atoms with Crippen LogP contribution in [0.25, 0.3) is 0 Å². The molecule has 2 amide bonds. The number of rotatable bonds is 2. The van der Waals surface area contributed by atoms with Gasteiger partial charge >= 0.3 is 0 Å². The molecule has 5 nitrogen and oxygen atoms in total. The van der Waals surface area contributed by atoms with E-state index in [-0.39, 0.29) is 17.9 Å². The van der Waals surface area contributed by atoms with Crippen LogP contribution in [-0.2, 0) is 20.7 Å².